The summed E-state index contributed by atoms with van der Waals surface area (Å²) < 4.78 is 2.35. The summed E-state index contributed by atoms with van der Waals surface area (Å²) in [5.74, 6) is 0.833. The molecule has 1 amide bonds. The van der Waals surface area contributed by atoms with Crippen molar-refractivity contribution >= 4 is 23.2 Å². The Morgan fingerprint density at radius 2 is 1.84 bits per heavy atom. The summed E-state index contributed by atoms with van der Waals surface area (Å²) in [7, 11) is 0. The Hall–Kier alpha value is -1.13. The zero-order chi connectivity index (χ0) is 25.1. The molecule has 0 bridgehead atoms. The first kappa shape index (κ1) is 28.9. The molecule has 0 unspecified atom stereocenters. The van der Waals surface area contributed by atoms with E-state index in [-0.39, 0.29) is 37.0 Å². The number of nitrogens with zero attached hydrogens (tertiary/aromatic N) is 4. The molecule has 2 fully saturated rings. The first-order valence-corrected chi connectivity index (χ1v) is 14.3. The maximum Gasteiger partial charge on any atom is 0.217 e. The van der Waals surface area contributed by atoms with Gasteiger partial charge in [-0.05, 0) is 87.8 Å². The molecule has 8 heteroatoms. The molecule has 200 valence electrons. The number of nitrogens with one attached hydrogen (secondary N) is 1. The van der Waals surface area contributed by atoms with Crippen molar-refractivity contribution in [2.75, 3.05) is 31.1 Å². The van der Waals surface area contributed by atoms with E-state index in [4.69, 9.17) is 16.7 Å². The maximum absolute atomic E-state index is 11.4. The fraction of sp³-hybridized carbons (Fsp3) is 0.621. The molecule has 2 aromatic rings. The number of carbonyl (C=O) groups excluding carboxylic acids is 1. The van der Waals surface area contributed by atoms with E-state index in [9.17, 15) is 4.79 Å². The number of aromatic nitrogens is 2. The SMILES string of the molecule is CC(=O)NC1CCN([CH-]c2nn(CCC3CCN(c4cccc(Cl)c4C)CC3)c3c2CCCC3)CC1.[U]. The van der Waals surface area contributed by atoms with Gasteiger partial charge >= 0.3 is 0 Å². The summed E-state index contributed by atoms with van der Waals surface area (Å²) in [6.45, 7) is 11.3. The molecular weight excluding hydrogens is 708 g/mol. The van der Waals surface area contributed by atoms with Gasteiger partial charge in [0.25, 0.3) is 0 Å². The van der Waals surface area contributed by atoms with Gasteiger partial charge in [-0.15, -0.1) is 12.1 Å². The zero-order valence-corrected chi connectivity index (χ0v) is 27.4. The molecule has 2 aliphatic heterocycles. The predicted molar refractivity (Wildman–Crippen MR) is 146 cm³/mol. The summed E-state index contributed by atoms with van der Waals surface area (Å²) in [5, 5.41) is 9.09. The van der Waals surface area contributed by atoms with Crippen molar-refractivity contribution in [1.29, 1.82) is 0 Å². The Morgan fingerprint density at radius 1 is 1.11 bits per heavy atom. The second-order valence-electron chi connectivity index (χ2n) is 11.0. The van der Waals surface area contributed by atoms with Crippen LogP contribution in [0.2, 0.25) is 5.02 Å². The van der Waals surface area contributed by atoms with Crippen LogP contribution in [0.25, 0.3) is 0 Å². The molecule has 5 rings (SSSR count). The third kappa shape index (κ3) is 7.10. The van der Waals surface area contributed by atoms with Gasteiger partial charge in [-0.25, -0.2) is 5.10 Å². The number of amides is 1. The second-order valence-corrected chi connectivity index (χ2v) is 11.4. The van der Waals surface area contributed by atoms with E-state index in [2.05, 4.69) is 45.4 Å². The van der Waals surface area contributed by atoms with Gasteiger partial charge in [-0.1, -0.05) is 42.6 Å². The molecule has 0 radical (unpaired) electrons. The number of hydrogen-bond acceptors (Lipinski definition) is 4. The molecule has 37 heavy (non-hydrogen) atoms. The number of carbonyl (C=O) groups is 1. The van der Waals surface area contributed by atoms with E-state index in [1.54, 1.807) is 6.92 Å². The van der Waals surface area contributed by atoms with E-state index in [1.165, 1.54) is 60.3 Å². The van der Waals surface area contributed by atoms with Crippen molar-refractivity contribution in [3.05, 3.63) is 52.3 Å². The van der Waals surface area contributed by atoms with Crippen LogP contribution in [-0.4, -0.2) is 52.8 Å². The molecule has 3 aliphatic rings. The van der Waals surface area contributed by atoms with Gasteiger partial charge in [0, 0.05) is 74.4 Å². The zero-order valence-electron chi connectivity index (χ0n) is 22.4. The summed E-state index contributed by atoms with van der Waals surface area (Å²) in [5.41, 5.74) is 6.64. The third-order valence-electron chi connectivity index (χ3n) is 8.47. The van der Waals surface area contributed by atoms with Gasteiger partial charge in [0.15, 0.2) is 0 Å². The van der Waals surface area contributed by atoms with Crippen molar-refractivity contribution in [3.63, 3.8) is 0 Å². The molecular formula is C29H41ClN5OU-. The Labute approximate surface area is 251 Å². The molecule has 2 saturated heterocycles. The average molecular weight is 749 g/mol. The molecule has 3 heterocycles. The third-order valence-corrected chi connectivity index (χ3v) is 8.88. The fourth-order valence-electron chi connectivity index (χ4n) is 6.33. The van der Waals surface area contributed by atoms with Gasteiger partial charge < -0.3 is 15.1 Å². The normalized spacial score (nSPS) is 19.3. The Kier molecular flexibility index (Phi) is 10.4. The van der Waals surface area contributed by atoms with Gasteiger partial charge in [0.2, 0.25) is 5.91 Å². The monoisotopic (exact) mass is 748 g/mol. The summed E-state index contributed by atoms with van der Waals surface area (Å²) in [6.07, 6.45) is 10.5. The molecule has 1 N–H and O–H groups in total. The van der Waals surface area contributed by atoms with Crippen molar-refractivity contribution < 1.29 is 35.9 Å². The van der Waals surface area contributed by atoms with Crippen LogP contribution in [0.15, 0.2) is 18.2 Å². The largest absolute Gasteiger partial charge is 0.371 e. The quantitative estimate of drug-likeness (QED) is 0.399. The number of fused-ring (bicyclic) bond motifs is 1. The van der Waals surface area contributed by atoms with Crippen molar-refractivity contribution in [2.45, 2.75) is 84.2 Å². The molecule has 0 atom stereocenters. The molecule has 1 aromatic heterocycles. The number of benzene rings is 1. The van der Waals surface area contributed by atoms with E-state index >= 15 is 0 Å². The van der Waals surface area contributed by atoms with Crippen molar-refractivity contribution in [1.82, 2.24) is 20.0 Å². The molecule has 0 spiro atoms. The number of aryl methyl sites for hydroxylation is 1. The number of hydrogen-bond donors (Lipinski definition) is 1. The number of piperidine rings is 2. The molecule has 6 nitrogen and oxygen atoms in total. The van der Waals surface area contributed by atoms with Crippen LogP contribution in [0.1, 0.15) is 74.4 Å². The number of rotatable bonds is 7. The van der Waals surface area contributed by atoms with Crippen LogP contribution in [0.5, 0.6) is 0 Å². The van der Waals surface area contributed by atoms with Gasteiger partial charge in [0.05, 0.1) is 0 Å². The minimum Gasteiger partial charge on any atom is -0.371 e. The van der Waals surface area contributed by atoms with Gasteiger partial charge in [-0.3, -0.25) is 9.48 Å². The van der Waals surface area contributed by atoms with Crippen LogP contribution in [0, 0.1) is 50.5 Å². The van der Waals surface area contributed by atoms with Crippen LogP contribution in [-0.2, 0) is 24.2 Å². The van der Waals surface area contributed by atoms with Crippen LogP contribution in [0.3, 0.4) is 0 Å². The standard InChI is InChI=1S/C29H41ClN5O.U/c1-21-26(30)7-5-9-28(21)34-17-10-23(11-18-34)12-19-35-29-8-4-3-6-25(29)27(32-35)20-33-15-13-24(14-16-33)31-22(2)36;/h5,7,9,20,23-24H,3-4,6,8,10-19H2,1-2H3,(H,31,36);/q-1;. The first-order valence-electron chi connectivity index (χ1n) is 13.9. The summed E-state index contributed by atoms with van der Waals surface area (Å²) in [4.78, 5) is 16.3. The van der Waals surface area contributed by atoms with Gasteiger partial charge in [0.1, 0.15) is 0 Å². The molecule has 1 aliphatic carbocycles. The number of anilines is 1. The average Bonchev–Trinajstić information content (AvgIpc) is 3.23. The van der Waals surface area contributed by atoms with Crippen molar-refractivity contribution in [3.8, 4) is 0 Å². The van der Waals surface area contributed by atoms with E-state index in [1.807, 2.05) is 6.07 Å². The van der Waals surface area contributed by atoms with E-state index in [0.29, 0.717) is 6.04 Å². The van der Waals surface area contributed by atoms with Gasteiger partial charge in [-0.2, -0.15) is 0 Å². The minimum atomic E-state index is 0. The van der Waals surface area contributed by atoms with E-state index < -0.39 is 0 Å². The topological polar surface area (TPSA) is 53.4 Å². The van der Waals surface area contributed by atoms with Crippen molar-refractivity contribution in [2.24, 2.45) is 5.92 Å². The number of likely N-dealkylation sites (tertiary alicyclic amines) is 1. The van der Waals surface area contributed by atoms with E-state index in [0.717, 1.165) is 69.3 Å². The Balaban J connectivity index is 0.00000320. The van der Waals surface area contributed by atoms with Crippen LogP contribution < -0.4 is 10.2 Å². The van der Waals surface area contributed by atoms with Crippen LogP contribution >= 0.6 is 11.6 Å². The van der Waals surface area contributed by atoms with Crippen LogP contribution in [0.4, 0.5) is 5.69 Å². The molecule has 1 aromatic carbocycles. The summed E-state index contributed by atoms with van der Waals surface area (Å²) in [6, 6.07) is 6.57. The first-order chi connectivity index (χ1) is 17.5. The Morgan fingerprint density at radius 3 is 2.57 bits per heavy atom. The smallest absolute Gasteiger partial charge is 0.217 e. The predicted octanol–water partition coefficient (Wildman–Crippen LogP) is 5.14. The summed E-state index contributed by atoms with van der Waals surface area (Å²) >= 11 is 6.37. The second kappa shape index (κ2) is 13.3. The molecule has 0 saturated carbocycles. The minimum absolute atomic E-state index is 0. The fourth-order valence-corrected chi connectivity index (χ4v) is 6.50. The Bertz CT molecular complexity index is 1060. The maximum atomic E-state index is 11.4. The number of halogens is 1.